The molecule has 0 aromatic rings. The van der Waals surface area contributed by atoms with Gasteiger partial charge in [-0.3, -0.25) is 0 Å². The van der Waals surface area contributed by atoms with E-state index < -0.39 is 15.5 Å². The van der Waals surface area contributed by atoms with Gasteiger partial charge in [0.1, 0.15) is 0 Å². The van der Waals surface area contributed by atoms with Crippen molar-refractivity contribution in [1.82, 2.24) is 4.72 Å². The molecule has 0 radical (unpaired) electrons. The lowest BCUT2D eigenvalue weighted by Crippen LogP contribution is -2.36. The van der Waals surface area contributed by atoms with Crippen LogP contribution in [0.3, 0.4) is 0 Å². The SMILES string of the molecule is CCCCCNS(=O)(=O)C(F)(F)F. The van der Waals surface area contributed by atoms with Gasteiger partial charge < -0.3 is 0 Å². The van der Waals surface area contributed by atoms with Crippen LogP contribution in [-0.4, -0.2) is 20.5 Å². The van der Waals surface area contributed by atoms with Crippen LogP contribution in [0.15, 0.2) is 0 Å². The van der Waals surface area contributed by atoms with E-state index in [4.69, 9.17) is 0 Å². The maximum absolute atomic E-state index is 11.7. The second-order valence-electron chi connectivity index (χ2n) is 2.55. The van der Waals surface area contributed by atoms with Gasteiger partial charge in [0.05, 0.1) is 0 Å². The lowest BCUT2D eigenvalue weighted by Gasteiger charge is -2.08. The van der Waals surface area contributed by atoms with E-state index in [0.717, 1.165) is 6.42 Å². The average Bonchev–Trinajstić information content (AvgIpc) is 1.96. The van der Waals surface area contributed by atoms with Crippen molar-refractivity contribution in [2.45, 2.75) is 31.7 Å². The molecule has 0 aromatic heterocycles. The summed E-state index contributed by atoms with van der Waals surface area (Å²) in [6, 6.07) is 0. The standard InChI is InChI=1S/C6H12F3NO2S/c1-2-3-4-5-10-13(11,12)6(7,8)9/h10H,2-5H2,1H3. The Morgan fingerprint density at radius 2 is 1.77 bits per heavy atom. The predicted octanol–water partition coefficient (Wildman–Crippen LogP) is 1.62. The van der Waals surface area contributed by atoms with Crippen LogP contribution < -0.4 is 4.72 Å². The van der Waals surface area contributed by atoms with E-state index in [1.54, 1.807) is 0 Å². The Balaban J connectivity index is 3.92. The predicted molar refractivity (Wildman–Crippen MR) is 42.5 cm³/mol. The van der Waals surface area contributed by atoms with Gasteiger partial charge in [-0.2, -0.15) is 13.2 Å². The van der Waals surface area contributed by atoms with Crippen molar-refractivity contribution in [3.8, 4) is 0 Å². The topological polar surface area (TPSA) is 46.2 Å². The molecule has 0 rings (SSSR count). The molecule has 0 aliphatic heterocycles. The largest absolute Gasteiger partial charge is 0.511 e. The van der Waals surface area contributed by atoms with Gasteiger partial charge in [0.25, 0.3) is 0 Å². The Morgan fingerprint density at radius 3 is 2.15 bits per heavy atom. The number of hydrogen-bond donors (Lipinski definition) is 1. The Hall–Kier alpha value is -0.300. The fourth-order valence-corrected chi connectivity index (χ4v) is 1.24. The summed E-state index contributed by atoms with van der Waals surface area (Å²) in [4.78, 5) is 0. The van der Waals surface area contributed by atoms with Gasteiger partial charge in [-0.25, -0.2) is 13.1 Å². The third-order valence-corrected chi connectivity index (χ3v) is 2.57. The van der Waals surface area contributed by atoms with Crippen LogP contribution in [0.5, 0.6) is 0 Å². The van der Waals surface area contributed by atoms with E-state index in [9.17, 15) is 21.6 Å². The molecule has 0 unspecified atom stereocenters. The molecular weight excluding hydrogens is 207 g/mol. The summed E-state index contributed by atoms with van der Waals surface area (Å²) < 4.78 is 57.3. The maximum Gasteiger partial charge on any atom is 0.511 e. The number of unbranched alkanes of at least 4 members (excludes halogenated alkanes) is 2. The molecule has 0 amide bonds. The summed E-state index contributed by atoms with van der Waals surface area (Å²) in [6.07, 6.45) is 1.96. The first-order chi connectivity index (χ1) is 5.81. The van der Waals surface area contributed by atoms with E-state index >= 15 is 0 Å². The van der Waals surface area contributed by atoms with Crippen LogP contribution in [0, 0.1) is 0 Å². The summed E-state index contributed by atoms with van der Waals surface area (Å²) in [6.45, 7) is 1.72. The van der Waals surface area contributed by atoms with Crippen LogP contribution >= 0.6 is 0 Å². The average molecular weight is 219 g/mol. The molecule has 0 spiro atoms. The normalized spacial score (nSPS) is 13.2. The summed E-state index contributed by atoms with van der Waals surface area (Å²) >= 11 is 0. The van der Waals surface area contributed by atoms with Crippen molar-refractivity contribution in [2.24, 2.45) is 0 Å². The van der Waals surface area contributed by atoms with E-state index in [2.05, 4.69) is 0 Å². The van der Waals surface area contributed by atoms with Gasteiger partial charge in [0.2, 0.25) is 0 Å². The summed E-state index contributed by atoms with van der Waals surface area (Å²) in [7, 11) is -5.13. The monoisotopic (exact) mass is 219 g/mol. The molecule has 7 heteroatoms. The quantitative estimate of drug-likeness (QED) is 0.714. The summed E-state index contributed by atoms with van der Waals surface area (Å²) in [5.41, 5.74) is -5.20. The highest BCUT2D eigenvalue weighted by atomic mass is 32.2. The zero-order chi connectivity index (χ0) is 10.5. The smallest absolute Gasteiger partial charge is 0.207 e. The molecular formula is C6H12F3NO2S. The Kier molecular flexibility index (Phi) is 4.69. The molecule has 0 atom stereocenters. The van der Waals surface area contributed by atoms with Crippen LogP contribution in [0.4, 0.5) is 13.2 Å². The minimum Gasteiger partial charge on any atom is -0.207 e. The molecule has 0 heterocycles. The number of alkyl halides is 3. The lowest BCUT2D eigenvalue weighted by atomic mass is 10.3. The van der Waals surface area contributed by atoms with E-state index in [-0.39, 0.29) is 6.54 Å². The molecule has 0 aliphatic carbocycles. The van der Waals surface area contributed by atoms with Crippen molar-refractivity contribution in [3.05, 3.63) is 0 Å². The van der Waals surface area contributed by atoms with Crippen LogP contribution in [0.1, 0.15) is 26.2 Å². The fourth-order valence-electron chi connectivity index (χ4n) is 0.663. The Bertz CT molecular complexity index is 235. The first kappa shape index (κ1) is 12.7. The number of halogens is 3. The van der Waals surface area contributed by atoms with E-state index in [1.165, 1.54) is 4.72 Å². The fraction of sp³-hybridized carbons (Fsp3) is 1.00. The first-order valence-electron chi connectivity index (χ1n) is 3.87. The highest BCUT2D eigenvalue weighted by Gasteiger charge is 2.45. The van der Waals surface area contributed by atoms with Gasteiger partial charge in [-0.1, -0.05) is 19.8 Å². The number of rotatable bonds is 5. The van der Waals surface area contributed by atoms with Gasteiger partial charge in [-0.15, -0.1) is 0 Å². The van der Waals surface area contributed by atoms with Crippen molar-refractivity contribution in [2.75, 3.05) is 6.54 Å². The zero-order valence-electron chi connectivity index (χ0n) is 7.19. The van der Waals surface area contributed by atoms with Gasteiger partial charge >= 0.3 is 15.5 Å². The van der Waals surface area contributed by atoms with Crippen LogP contribution in [0.2, 0.25) is 0 Å². The highest BCUT2D eigenvalue weighted by molar-refractivity contribution is 7.90. The Morgan fingerprint density at radius 1 is 1.23 bits per heavy atom. The molecule has 0 fully saturated rings. The molecule has 0 aromatic carbocycles. The number of nitrogens with one attached hydrogen (secondary N) is 1. The summed E-state index contributed by atoms with van der Waals surface area (Å²) in [5.74, 6) is 0. The first-order valence-corrected chi connectivity index (χ1v) is 5.35. The van der Waals surface area contributed by atoms with Crippen molar-refractivity contribution in [3.63, 3.8) is 0 Å². The lowest BCUT2D eigenvalue weighted by molar-refractivity contribution is -0.0447. The number of hydrogen-bond acceptors (Lipinski definition) is 2. The third kappa shape index (κ3) is 4.47. The minimum absolute atomic E-state index is 0.157. The minimum atomic E-state index is -5.20. The van der Waals surface area contributed by atoms with Crippen molar-refractivity contribution >= 4 is 10.0 Å². The molecule has 80 valence electrons. The molecule has 0 saturated heterocycles. The van der Waals surface area contributed by atoms with Crippen molar-refractivity contribution < 1.29 is 21.6 Å². The molecule has 1 N–H and O–H groups in total. The molecule has 0 bridgehead atoms. The summed E-state index contributed by atoms with van der Waals surface area (Å²) in [5, 5.41) is 0. The number of sulfonamides is 1. The molecule has 0 saturated carbocycles. The van der Waals surface area contributed by atoms with Crippen LogP contribution in [-0.2, 0) is 10.0 Å². The third-order valence-electron chi connectivity index (χ3n) is 1.38. The van der Waals surface area contributed by atoms with E-state index in [0.29, 0.717) is 12.8 Å². The van der Waals surface area contributed by atoms with Crippen molar-refractivity contribution in [1.29, 1.82) is 0 Å². The second kappa shape index (κ2) is 4.80. The Labute approximate surface area is 75.4 Å². The molecule has 13 heavy (non-hydrogen) atoms. The highest BCUT2D eigenvalue weighted by Crippen LogP contribution is 2.21. The maximum atomic E-state index is 11.7. The van der Waals surface area contributed by atoms with Crippen LogP contribution in [0.25, 0.3) is 0 Å². The van der Waals surface area contributed by atoms with Gasteiger partial charge in [0, 0.05) is 6.54 Å². The second-order valence-corrected chi connectivity index (χ2v) is 4.31. The van der Waals surface area contributed by atoms with E-state index in [1.807, 2.05) is 6.92 Å². The van der Waals surface area contributed by atoms with Gasteiger partial charge in [-0.05, 0) is 6.42 Å². The zero-order valence-corrected chi connectivity index (χ0v) is 8.00. The molecule has 3 nitrogen and oxygen atoms in total. The van der Waals surface area contributed by atoms with Gasteiger partial charge in [0.15, 0.2) is 0 Å². The molecule has 0 aliphatic rings.